The maximum Gasteiger partial charge on any atom is 0.264 e. The summed E-state index contributed by atoms with van der Waals surface area (Å²) in [6.45, 7) is 1.37. The lowest BCUT2D eigenvalue weighted by Crippen LogP contribution is -2.49. The van der Waals surface area contributed by atoms with Crippen LogP contribution in [-0.4, -0.2) is 46.8 Å². The van der Waals surface area contributed by atoms with Gasteiger partial charge in [0.2, 0.25) is 0 Å². The Kier molecular flexibility index (Phi) is 6.88. The molecule has 1 aliphatic carbocycles. The molecule has 1 aromatic heterocycles. The van der Waals surface area contributed by atoms with Crippen molar-refractivity contribution in [2.45, 2.75) is 31.1 Å². The van der Waals surface area contributed by atoms with E-state index in [-0.39, 0.29) is 31.0 Å². The van der Waals surface area contributed by atoms with E-state index in [1.807, 2.05) is 24.3 Å². The molecule has 3 rings (SSSR count). The molecular weight excluding hydrogens is 432 g/mol. The zero-order chi connectivity index (χ0) is 23.5. The molecule has 9 heteroatoms. The number of hydroxylamine groups is 1. The van der Waals surface area contributed by atoms with E-state index in [0.29, 0.717) is 11.5 Å². The monoisotopic (exact) mass is 458 g/mol. The highest BCUT2D eigenvalue weighted by molar-refractivity contribution is 7.92. The third kappa shape index (κ3) is 5.10. The van der Waals surface area contributed by atoms with Gasteiger partial charge in [0.25, 0.3) is 11.5 Å². The van der Waals surface area contributed by atoms with Crippen LogP contribution in [-0.2, 0) is 21.2 Å². The number of sulfone groups is 1. The zero-order valence-electron chi connectivity index (χ0n) is 17.9. The van der Waals surface area contributed by atoms with E-state index >= 15 is 0 Å². The first-order valence-corrected chi connectivity index (χ1v) is 12.1. The molecule has 1 unspecified atom stereocenters. The van der Waals surface area contributed by atoms with Crippen molar-refractivity contribution in [1.29, 1.82) is 0 Å². The Balaban J connectivity index is 1.72. The molecule has 3 atom stereocenters. The molecule has 1 amide bonds. The van der Waals surface area contributed by atoms with Crippen LogP contribution >= 0.6 is 0 Å². The zero-order valence-corrected chi connectivity index (χ0v) is 18.7. The lowest BCUT2D eigenvalue weighted by molar-refractivity contribution is -0.131. The standard InChI is InChI=1S/C23H26N2O6S/c1-23(22(28)24-29,32(2,30)31)10-12-25-11-9-19(14-21(25)27)17-6-3-16(4-7-17)5-8-18-13-20(18)15-26/h3-4,6-7,9,11,14,18,20,26,29H,10,12-13,15H2,1-2H3,(H,24,28)/t18-,20-,23?/m0/s1. The van der Waals surface area contributed by atoms with E-state index in [0.717, 1.165) is 23.8 Å². The van der Waals surface area contributed by atoms with Crippen LogP contribution in [0.5, 0.6) is 0 Å². The highest BCUT2D eigenvalue weighted by Gasteiger charge is 2.43. The summed E-state index contributed by atoms with van der Waals surface area (Å²) in [5.41, 5.74) is 3.45. The lowest BCUT2D eigenvalue weighted by Gasteiger charge is -2.25. The van der Waals surface area contributed by atoms with Gasteiger partial charge in [-0.1, -0.05) is 24.0 Å². The Labute approximate surface area is 186 Å². The Bertz CT molecular complexity index is 1220. The van der Waals surface area contributed by atoms with E-state index in [2.05, 4.69) is 11.8 Å². The van der Waals surface area contributed by atoms with Gasteiger partial charge < -0.3 is 9.67 Å². The average Bonchev–Trinajstić information content (AvgIpc) is 3.54. The number of aliphatic hydroxyl groups excluding tert-OH is 1. The molecule has 0 bridgehead atoms. The maximum atomic E-state index is 12.6. The molecule has 1 saturated carbocycles. The molecule has 8 nitrogen and oxygen atoms in total. The molecule has 1 aliphatic rings. The molecule has 3 N–H and O–H groups in total. The van der Waals surface area contributed by atoms with Crippen molar-refractivity contribution in [3.63, 3.8) is 0 Å². The maximum absolute atomic E-state index is 12.6. The number of carbonyl (C=O) groups is 1. The molecule has 0 spiro atoms. The fourth-order valence-electron chi connectivity index (χ4n) is 3.34. The van der Waals surface area contributed by atoms with Crippen molar-refractivity contribution in [2.75, 3.05) is 12.9 Å². The van der Waals surface area contributed by atoms with Crippen molar-refractivity contribution in [3.8, 4) is 23.0 Å². The van der Waals surface area contributed by atoms with Gasteiger partial charge in [-0.3, -0.25) is 14.8 Å². The second-order valence-electron chi connectivity index (χ2n) is 8.27. The molecule has 0 saturated heterocycles. The summed E-state index contributed by atoms with van der Waals surface area (Å²) >= 11 is 0. The van der Waals surface area contributed by atoms with E-state index in [1.165, 1.54) is 23.0 Å². The Morgan fingerprint density at radius 3 is 2.47 bits per heavy atom. The van der Waals surface area contributed by atoms with Gasteiger partial charge in [-0.2, -0.15) is 0 Å². The number of aromatic nitrogens is 1. The SMILES string of the molecule is CC(CCn1ccc(-c2ccc(C#C[C@H]3C[C@H]3CO)cc2)cc1=O)(C(=O)NO)S(C)(=O)=O. The number of amides is 1. The van der Waals surface area contributed by atoms with Gasteiger partial charge in [0.15, 0.2) is 14.6 Å². The van der Waals surface area contributed by atoms with Crippen molar-refractivity contribution in [1.82, 2.24) is 10.0 Å². The summed E-state index contributed by atoms with van der Waals surface area (Å²) < 4.78 is 23.6. The van der Waals surface area contributed by atoms with Gasteiger partial charge in [-0.25, -0.2) is 13.9 Å². The van der Waals surface area contributed by atoms with E-state index in [1.54, 1.807) is 12.3 Å². The van der Waals surface area contributed by atoms with Crippen LogP contribution < -0.4 is 11.0 Å². The minimum absolute atomic E-state index is 0.0133. The predicted octanol–water partition coefficient (Wildman–Crippen LogP) is 1.19. The minimum Gasteiger partial charge on any atom is -0.396 e. The number of hydrogen-bond donors (Lipinski definition) is 3. The number of aliphatic hydroxyl groups is 1. The summed E-state index contributed by atoms with van der Waals surface area (Å²) in [5, 5.41) is 18.0. The number of rotatable bonds is 7. The van der Waals surface area contributed by atoms with Gasteiger partial charge in [-0.05, 0) is 55.0 Å². The Morgan fingerprint density at radius 1 is 1.25 bits per heavy atom. The third-order valence-corrected chi connectivity index (χ3v) is 8.03. The number of nitrogens with zero attached hydrogens (tertiary/aromatic N) is 1. The van der Waals surface area contributed by atoms with Crippen LogP contribution in [0, 0.1) is 23.7 Å². The number of benzene rings is 1. The largest absolute Gasteiger partial charge is 0.396 e. The van der Waals surface area contributed by atoms with Gasteiger partial charge in [0, 0.05) is 43.2 Å². The van der Waals surface area contributed by atoms with E-state index < -0.39 is 20.5 Å². The lowest BCUT2D eigenvalue weighted by atomic mass is 10.0. The van der Waals surface area contributed by atoms with Crippen LogP contribution in [0.25, 0.3) is 11.1 Å². The summed E-state index contributed by atoms with van der Waals surface area (Å²) in [7, 11) is -3.84. The van der Waals surface area contributed by atoms with Gasteiger partial charge in [0.05, 0.1) is 0 Å². The minimum atomic E-state index is -3.84. The topological polar surface area (TPSA) is 126 Å². The molecule has 0 aliphatic heterocycles. The van der Waals surface area contributed by atoms with Crippen LogP contribution in [0.4, 0.5) is 0 Å². The van der Waals surface area contributed by atoms with Crippen molar-refractivity contribution >= 4 is 15.7 Å². The number of nitrogens with one attached hydrogen (secondary N) is 1. The number of hydrogen-bond acceptors (Lipinski definition) is 6. The first-order chi connectivity index (χ1) is 15.1. The molecule has 1 heterocycles. The molecule has 1 fully saturated rings. The molecule has 0 radical (unpaired) electrons. The summed E-state index contributed by atoms with van der Waals surface area (Å²) in [5.74, 6) is 5.77. The average molecular weight is 459 g/mol. The molecule has 1 aromatic carbocycles. The van der Waals surface area contributed by atoms with Crippen LogP contribution in [0.3, 0.4) is 0 Å². The number of pyridine rings is 1. The number of carbonyl (C=O) groups excluding carboxylic acids is 1. The second-order valence-corrected chi connectivity index (χ2v) is 10.7. The summed E-state index contributed by atoms with van der Waals surface area (Å²) in [6.07, 6.45) is 3.22. The smallest absolute Gasteiger partial charge is 0.264 e. The van der Waals surface area contributed by atoms with Crippen LogP contribution in [0.15, 0.2) is 47.4 Å². The Hall–Kier alpha value is -2.93. The Morgan fingerprint density at radius 2 is 1.94 bits per heavy atom. The highest BCUT2D eigenvalue weighted by Crippen LogP contribution is 2.37. The van der Waals surface area contributed by atoms with E-state index in [9.17, 15) is 18.0 Å². The molecular formula is C23H26N2O6S. The van der Waals surface area contributed by atoms with Gasteiger partial charge in [0.1, 0.15) is 0 Å². The third-order valence-electron chi connectivity index (χ3n) is 6.00. The van der Waals surface area contributed by atoms with Crippen molar-refractivity contribution in [2.24, 2.45) is 11.8 Å². The van der Waals surface area contributed by atoms with Crippen LogP contribution in [0.2, 0.25) is 0 Å². The second kappa shape index (κ2) is 9.28. The highest BCUT2D eigenvalue weighted by atomic mass is 32.2. The fourth-order valence-corrected chi connectivity index (χ4v) is 4.18. The van der Waals surface area contributed by atoms with Gasteiger partial charge >= 0.3 is 0 Å². The van der Waals surface area contributed by atoms with Crippen molar-refractivity contribution in [3.05, 3.63) is 58.5 Å². The quantitative estimate of drug-likeness (QED) is 0.325. The first-order valence-electron chi connectivity index (χ1n) is 10.2. The molecule has 170 valence electrons. The first kappa shape index (κ1) is 23.7. The summed E-state index contributed by atoms with van der Waals surface area (Å²) in [6, 6.07) is 10.7. The number of aryl methyl sites for hydroxylation is 1. The normalized spacial score (nSPS) is 19.4. The van der Waals surface area contributed by atoms with E-state index in [4.69, 9.17) is 10.3 Å². The molecule has 32 heavy (non-hydrogen) atoms. The fraction of sp³-hybridized carbons (Fsp3) is 0.391. The van der Waals surface area contributed by atoms with Crippen molar-refractivity contribution < 1.29 is 23.5 Å². The molecule has 2 aromatic rings. The van der Waals surface area contributed by atoms with Crippen LogP contribution in [0.1, 0.15) is 25.3 Å². The van der Waals surface area contributed by atoms with Gasteiger partial charge in [-0.15, -0.1) is 0 Å². The summed E-state index contributed by atoms with van der Waals surface area (Å²) in [4.78, 5) is 24.5. The predicted molar refractivity (Wildman–Crippen MR) is 119 cm³/mol.